The highest BCUT2D eigenvalue weighted by Gasteiger charge is 2.58. The fraction of sp³-hybridized carbons (Fsp3) is 0.419. The number of hydrogen-bond donors (Lipinski definition) is 1. The van der Waals surface area contributed by atoms with E-state index in [1.165, 1.54) is 37.3 Å². The fourth-order valence-electron chi connectivity index (χ4n) is 6.21. The first kappa shape index (κ1) is 30.3. The Hall–Kier alpha value is -3.63. The molecule has 1 heterocycles. The van der Waals surface area contributed by atoms with Gasteiger partial charge in [0.25, 0.3) is 0 Å². The van der Waals surface area contributed by atoms with Gasteiger partial charge in [0.2, 0.25) is 5.91 Å². The number of benzene rings is 2. The topological polar surface area (TPSA) is 79.3 Å². The number of amides is 1. The summed E-state index contributed by atoms with van der Waals surface area (Å²) in [6.07, 6.45) is 1.91. The van der Waals surface area contributed by atoms with Crippen molar-refractivity contribution in [1.29, 1.82) is 0 Å². The molecule has 1 saturated heterocycles. The van der Waals surface area contributed by atoms with Gasteiger partial charge in [-0.3, -0.25) is 14.5 Å². The van der Waals surface area contributed by atoms with Gasteiger partial charge in [-0.2, -0.15) is 0 Å². The molecular formula is C31H35F3N2O5. The predicted molar refractivity (Wildman–Crippen MR) is 148 cm³/mol. The Morgan fingerprint density at radius 2 is 1.90 bits per heavy atom. The van der Waals surface area contributed by atoms with E-state index >= 15 is 0 Å². The minimum atomic E-state index is -4.81. The SMILES string of the molecule is C=CCN1CCC2(c3cccc(OC(C)=O)c3)CC(N(C)C(=O)/C=C/c3cccc(OC(F)(F)F)c3)CCC2(O)C1. The van der Waals surface area contributed by atoms with Crippen LogP contribution in [0.4, 0.5) is 13.2 Å². The molecule has 1 amide bonds. The van der Waals surface area contributed by atoms with Crippen molar-refractivity contribution in [3.8, 4) is 11.5 Å². The van der Waals surface area contributed by atoms with E-state index in [0.29, 0.717) is 56.6 Å². The number of ether oxygens (including phenoxy) is 2. The molecule has 3 unspecified atom stereocenters. The molecule has 2 fully saturated rings. The summed E-state index contributed by atoms with van der Waals surface area (Å²) >= 11 is 0. The van der Waals surface area contributed by atoms with Gasteiger partial charge in [0.15, 0.2) is 0 Å². The third kappa shape index (κ3) is 7.00. The molecular weight excluding hydrogens is 537 g/mol. The number of β-amino-alcohol motifs (C(OH)–C–C–N with tert-alkyl or cyclic N) is 1. The van der Waals surface area contributed by atoms with Crippen LogP contribution in [-0.4, -0.2) is 71.5 Å². The zero-order valence-corrected chi connectivity index (χ0v) is 23.2. The monoisotopic (exact) mass is 572 g/mol. The summed E-state index contributed by atoms with van der Waals surface area (Å²) in [6, 6.07) is 12.4. The van der Waals surface area contributed by atoms with Crippen LogP contribution >= 0.6 is 0 Å². The highest BCUT2D eigenvalue weighted by molar-refractivity contribution is 5.91. The van der Waals surface area contributed by atoms with Crippen LogP contribution in [0, 0.1) is 0 Å². The summed E-state index contributed by atoms with van der Waals surface area (Å²) in [5.74, 6) is -0.723. The Kier molecular flexibility index (Phi) is 8.94. The third-order valence-corrected chi connectivity index (χ3v) is 8.15. The van der Waals surface area contributed by atoms with Gasteiger partial charge in [0, 0.05) is 44.6 Å². The lowest BCUT2D eigenvalue weighted by atomic mass is 9.55. The average molecular weight is 573 g/mol. The van der Waals surface area contributed by atoms with E-state index in [4.69, 9.17) is 4.74 Å². The van der Waals surface area contributed by atoms with E-state index in [2.05, 4.69) is 16.2 Å². The largest absolute Gasteiger partial charge is 0.573 e. The van der Waals surface area contributed by atoms with Crippen LogP contribution in [0.5, 0.6) is 11.5 Å². The van der Waals surface area contributed by atoms with Crippen LogP contribution in [0.2, 0.25) is 0 Å². The average Bonchev–Trinajstić information content (AvgIpc) is 2.90. The summed E-state index contributed by atoms with van der Waals surface area (Å²) in [6.45, 7) is 6.97. The molecule has 2 aromatic rings. The van der Waals surface area contributed by atoms with Crippen molar-refractivity contribution in [1.82, 2.24) is 9.80 Å². The summed E-state index contributed by atoms with van der Waals surface area (Å²) in [5, 5.41) is 12.2. The van der Waals surface area contributed by atoms with E-state index in [0.717, 1.165) is 5.56 Å². The summed E-state index contributed by atoms with van der Waals surface area (Å²) < 4.78 is 47.1. The minimum Gasteiger partial charge on any atom is -0.427 e. The number of carbonyl (C=O) groups excluding carboxylic acids is 2. The maximum atomic E-state index is 13.2. The number of hydrogen-bond acceptors (Lipinski definition) is 6. The molecule has 41 heavy (non-hydrogen) atoms. The number of aliphatic hydroxyl groups is 1. The molecule has 0 aromatic heterocycles. The number of fused-ring (bicyclic) bond motifs is 1. The number of likely N-dealkylation sites (tertiary alicyclic amines) is 1. The second kappa shape index (κ2) is 12.1. The van der Waals surface area contributed by atoms with Gasteiger partial charge in [-0.15, -0.1) is 19.8 Å². The Morgan fingerprint density at radius 1 is 1.17 bits per heavy atom. The Labute approximate surface area is 237 Å². The number of likely N-dealkylation sites (N-methyl/N-ethyl adjacent to an activating group) is 1. The normalized spacial score (nSPS) is 24.9. The Balaban J connectivity index is 1.58. The quantitative estimate of drug-likeness (QED) is 0.205. The second-order valence-corrected chi connectivity index (χ2v) is 10.8. The smallest absolute Gasteiger partial charge is 0.427 e. The number of halogens is 3. The maximum absolute atomic E-state index is 13.2. The van der Waals surface area contributed by atoms with Gasteiger partial charge in [-0.1, -0.05) is 30.3 Å². The van der Waals surface area contributed by atoms with Crippen molar-refractivity contribution in [3.05, 3.63) is 78.4 Å². The summed E-state index contributed by atoms with van der Waals surface area (Å²) in [5.41, 5.74) is -0.553. The van der Waals surface area contributed by atoms with Crippen LogP contribution in [0.1, 0.15) is 43.7 Å². The van der Waals surface area contributed by atoms with Crippen molar-refractivity contribution >= 4 is 18.0 Å². The summed E-state index contributed by atoms with van der Waals surface area (Å²) in [7, 11) is 1.70. The van der Waals surface area contributed by atoms with Crippen LogP contribution in [0.15, 0.2) is 67.3 Å². The van der Waals surface area contributed by atoms with Gasteiger partial charge in [0.05, 0.1) is 5.60 Å². The predicted octanol–water partition coefficient (Wildman–Crippen LogP) is 5.10. The van der Waals surface area contributed by atoms with Crippen molar-refractivity contribution in [2.24, 2.45) is 0 Å². The fourth-order valence-corrected chi connectivity index (χ4v) is 6.21. The molecule has 1 N–H and O–H groups in total. The molecule has 2 aliphatic rings. The highest BCUT2D eigenvalue weighted by atomic mass is 19.4. The molecule has 1 aliphatic heterocycles. The number of piperidine rings is 1. The molecule has 0 radical (unpaired) electrons. The molecule has 10 heteroatoms. The zero-order valence-electron chi connectivity index (χ0n) is 23.2. The van der Waals surface area contributed by atoms with Crippen molar-refractivity contribution in [3.63, 3.8) is 0 Å². The second-order valence-electron chi connectivity index (χ2n) is 10.8. The lowest BCUT2D eigenvalue weighted by Crippen LogP contribution is -2.67. The molecule has 1 aliphatic carbocycles. The Morgan fingerprint density at radius 3 is 2.61 bits per heavy atom. The first-order valence-corrected chi connectivity index (χ1v) is 13.5. The maximum Gasteiger partial charge on any atom is 0.573 e. The lowest BCUT2D eigenvalue weighted by molar-refractivity contribution is -0.274. The number of carbonyl (C=O) groups is 2. The molecule has 3 atom stereocenters. The van der Waals surface area contributed by atoms with E-state index < -0.39 is 23.3 Å². The first-order valence-electron chi connectivity index (χ1n) is 13.5. The van der Waals surface area contributed by atoms with E-state index in [1.54, 1.807) is 36.2 Å². The van der Waals surface area contributed by atoms with Crippen LogP contribution in [0.3, 0.4) is 0 Å². The molecule has 0 spiro atoms. The van der Waals surface area contributed by atoms with Gasteiger partial charge in [-0.05, 0) is 73.7 Å². The molecule has 220 valence electrons. The Bertz CT molecular complexity index is 1310. The third-order valence-electron chi connectivity index (χ3n) is 8.15. The van der Waals surface area contributed by atoms with Crippen molar-refractivity contribution in [2.75, 3.05) is 26.7 Å². The van der Waals surface area contributed by atoms with E-state index in [-0.39, 0.29) is 17.7 Å². The van der Waals surface area contributed by atoms with Crippen LogP contribution < -0.4 is 9.47 Å². The van der Waals surface area contributed by atoms with Gasteiger partial charge in [-0.25, -0.2) is 0 Å². The molecule has 2 aromatic carbocycles. The lowest BCUT2D eigenvalue weighted by Gasteiger charge is -2.59. The molecule has 4 rings (SSSR count). The van der Waals surface area contributed by atoms with Gasteiger partial charge in [0.1, 0.15) is 11.5 Å². The summed E-state index contributed by atoms with van der Waals surface area (Å²) in [4.78, 5) is 28.6. The van der Waals surface area contributed by atoms with Crippen LogP contribution in [-0.2, 0) is 15.0 Å². The van der Waals surface area contributed by atoms with Gasteiger partial charge >= 0.3 is 12.3 Å². The standard InChI is InChI=1S/C31H35F3N2O5/c1-4-16-36-17-15-29(24-8-6-9-26(19-24)40-22(2)37)20-25(13-14-30(29,39)21-36)35(3)28(38)12-11-23-7-5-10-27(18-23)41-31(32,33)34/h4-12,18-19,25,39H,1,13-17,20-21H2,2-3H3/b12-11+. The zero-order chi connectivity index (χ0) is 29.8. The van der Waals surface area contributed by atoms with Crippen LogP contribution in [0.25, 0.3) is 6.08 Å². The molecule has 7 nitrogen and oxygen atoms in total. The van der Waals surface area contributed by atoms with Crippen molar-refractivity contribution < 1.29 is 37.3 Å². The first-order chi connectivity index (χ1) is 19.3. The molecule has 0 bridgehead atoms. The van der Waals surface area contributed by atoms with E-state index in [9.17, 15) is 27.9 Å². The number of nitrogens with zero attached hydrogens (tertiary/aromatic N) is 2. The van der Waals surface area contributed by atoms with E-state index in [1.807, 2.05) is 12.1 Å². The number of alkyl halides is 3. The van der Waals surface area contributed by atoms with Gasteiger partial charge < -0.3 is 19.5 Å². The van der Waals surface area contributed by atoms with Crippen molar-refractivity contribution in [2.45, 2.75) is 56.0 Å². The minimum absolute atomic E-state index is 0.212. The number of esters is 1. The molecule has 1 saturated carbocycles. The highest BCUT2D eigenvalue weighted by Crippen LogP contribution is 2.52. The number of rotatable bonds is 8.